The second-order valence-electron chi connectivity index (χ2n) is 9.59. The van der Waals surface area contributed by atoms with Crippen LogP contribution in [0, 0.1) is 25.7 Å². The second kappa shape index (κ2) is 9.41. The number of carbonyl (C=O) groups is 2. The van der Waals surface area contributed by atoms with E-state index in [2.05, 4.69) is 10.1 Å². The second-order valence-corrected chi connectivity index (χ2v) is 9.59. The minimum Gasteiger partial charge on any atom is -0.342 e. The molecule has 1 atom stereocenters. The first-order valence-electron chi connectivity index (χ1n) is 12.0. The quantitative estimate of drug-likeness (QED) is 0.573. The number of hydrogen-bond donors (Lipinski definition) is 0. The lowest BCUT2D eigenvalue weighted by Gasteiger charge is -2.33. The summed E-state index contributed by atoms with van der Waals surface area (Å²) in [5, 5.41) is 4.13. The van der Waals surface area contributed by atoms with Crippen molar-refractivity contribution in [3.05, 3.63) is 65.5 Å². The molecular formula is C27H30N4O3. The van der Waals surface area contributed by atoms with Crippen molar-refractivity contribution in [3.8, 4) is 11.4 Å². The van der Waals surface area contributed by atoms with E-state index in [1.807, 2.05) is 67.3 Å². The van der Waals surface area contributed by atoms with Crippen LogP contribution >= 0.6 is 0 Å². The minimum absolute atomic E-state index is 0.0258. The largest absolute Gasteiger partial charge is 0.342 e. The topological polar surface area (TPSA) is 79.5 Å². The molecule has 176 valence electrons. The van der Waals surface area contributed by atoms with E-state index in [-0.39, 0.29) is 24.2 Å². The van der Waals surface area contributed by atoms with Crippen molar-refractivity contribution < 1.29 is 14.1 Å². The molecule has 0 N–H and O–H groups in total. The number of amides is 2. The number of aryl methyl sites for hydroxylation is 2. The number of rotatable bonds is 5. The molecule has 1 aromatic heterocycles. The van der Waals surface area contributed by atoms with Crippen LogP contribution < -0.4 is 4.90 Å². The first kappa shape index (κ1) is 22.3. The molecule has 0 saturated carbocycles. The minimum atomic E-state index is -0.265. The summed E-state index contributed by atoms with van der Waals surface area (Å²) in [5.74, 6) is 1.53. The van der Waals surface area contributed by atoms with Crippen LogP contribution in [0.15, 0.2) is 53.1 Å². The highest BCUT2D eigenvalue weighted by atomic mass is 16.5. The summed E-state index contributed by atoms with van der Waals surface area (Å²) in [6.45, 7) is 5.94. The van der Waals surface area contributed by atoms with Gasteiger partial charge in [0.1, 0.15) is 0 Å². The van der Waals surface area contributed by atoms with Crippen LogP contribution in [0.25, 0.3) is 11.4 Å². The average Bonchev–Trinajstić information content (AvgIpc) is 3.47. The number of benzene rings is 2. The van der Waals surface area contributed by atoms with Gasteiger partial charge in [0.2, 0.25) is 23.5 Å². The van der Waals surface area contributed by atoms with Crippen LogP contribution in [0.4, 0.5) is 5.69 Å². The van der Waals surface area contributed by atoms with Gasteiger partial charge in [0.15, 0.2) is 0 Å². The molecule has 7 nitrogen and oxygen atoms in total. The zero-order valence-corrected chi connectivity index (χ0v) is 19.7. The molecule has 3 heterocycles. The average molecular weight is 459 g/mol. The van der Waals surface area contributed by atoms with Crippen LogP contribution in [-0.4, -0.2) is 46.5 Å². The van der Waals surface area contributed by atoms with Crippen LogP contribution in [0.2, 0.25) is 0 Å². The molecule has 2 amide bonds. The Kier molecular flexibility index (Phi) is 6.18. The molecule has 0 spiro atoms. The molecule has 0 aliphatic carbocycles. The Bertz CT molecular complexity index is 1160. The summed E-state index contributed by atoms with van der Waals surface area (Å²) in [6.07, 6.45) is 2.81. The Morgan fingerprint density at radius 3 is 2.32 bits per heavy atom. The normalized spacial score (nSPS) is 19.1. The van der Waals surface area contributed by atoms with Crippen molar-refractivity contribution in [1.82, 2.24) is 15.0 Å². The Morgan fingerprint density at radius 2 is 1.65 bits per heavy atom. The lowest BCUT2D eigenvalue weighted by Crippen LogP contribution is -2.42. The maximum absolute atomic E-state index is 13.1. The van der Waals surface area contributed by atoms with Crippen molar-refractivity contribution in [2.75, 3.05) is 24.5 Å². The molecule has 0 unspecified atom stereocenters. The van der Waals surface area contributed by atoms with Crippen molar-refractivity contribution in [3.63, 3.8) is 0 Å². The van der Waals surface area contributed by atoms with Gasteiger partial charge in [-0.2, -0.15) is 4.98 Å². The molecule has 2 aliphatic heterocycles. The van der Waals surface area contributed by atoms with Crippen molar-refractivity contribution >= 4 is 17.5 Å². The first-order chi connectivity index (χ1) is 16.5. The van der Waals surface area contributed by atoms with Gasteiger partial charge in [0, 0.05) is 43.7 Å². The Morgan fingerprint density at radius 1 is 1.00 bits per heavy atom. The number of likely N-dealkylation sites (tertiary alicyclic amines) is 1. The fourth-order valence-corrected chi connectivity index (χ4v) is 4.87. The van der Waals surface area contributed by atoms with Crippen LogP contribution in [0.3, 0.4) is 0 Å². The van der Waals surface area contributed by atoms with Gasteiger partial charge in [0.05, 0.1) is 5.92 Å². The number of carbonyl (C=O) groups excluding carboxylic acids is 2. The first-order valence-corrected chi connectivity index (χ1v) is 12.0. The fourth-order valence-electron chi connectivity index (χ4n) is 4.87. The van der Waals surface area contributed by atoms with Gasteiger partial charge in [-0.1, -0.05) is 52.7 Å². The monoisotopic (exact) mass is 458 g/mol. The van der Waals surface area contributed by atoms with Gasteiger partial charge in [0.25, 0.3) is 0 Å². The molecule has 2 fully saturated rings. The molecule has 2 saturated heterocycles. The number of nitrogens with zero attached hydrogens (tertiary/aromatic N) is 4. The third kappa shape index (κ3) is 4.74. The maximum Gasteiger partial charge on any atom is 0.228 e. The van der Waals surface area contributed by atoms with E-state index in [1.165, 1.54) is 5.56 Å². The number of aromatic nitrogens is 2. The Balaban J connectivity index is 1.13. The molecule has 2 aromatic carbocycles. The molecule has 3 aromatic rings. The Hall–Kier alpha value is -3.48. The molecule has 7 heteroatoms. The van der Waals surface area contributed by atoms with Gasteiger partial charge < -0.3 is 14.3 Å². The van der Waals surface area contributed by atoms with E-state index >= 15 is 0 Å². The van der Waals surface area contributed by atoms with Gasteiger partial charge >= 0.3 is 0 Å². The summed E-state index contributed by atoms with van der Waals surface area (Å²) < 4.78 is 5.50. The SMILES string of the molecule is Cc1ccc(-c2noc(CC3CCN(C(=O)[C@H]4CC(=O)N(c5ccc(C)cc5)C4)CC3)n2)cc1. The highest BCUT2D eigenvalue weighted by Gasteiger charge is 2.38. The van der Waals surface area contributed by atoms with E-state index < -0.39 is 0 Å². The lowest BCUT2D eigenvalue weighted by molar-refractivity contribution is -0.137. The summed E-state index contributed by atoms with van der Waals surface area (Å²) in [6, 6.07) is 16.0. The summed E-state index contributed by atoms with van der Waals surface area (Å²) in [4.78, 5) is 33.9. The van der Waals surface area contributed by atoms with E-state index in [4.69, 9.17) is 4.52 Å². The highest BCUT2D eigenvalue weighted by Crippen LogP contribution is 2.29. The molecular weight excluding hydrogens is 428 g/mol. The third-order valence-corrected chi connectivity index (χ3v) is 6.99. The molecule has 2 aliphatic rings. The van der Waals surface area contributed by atoms with Gasteiger partial charge in [-0.25, -0.2) is 0 Å². The van der Waals surface area contributed by atoms with E-state index in [0.717, 1.165) is 36.1 Å². The molecule has 34 heavy (non-hydrogen) atoms. The fraction of sp³-hybridized carbons (Fsp3) is 0.407. The highest BCUT2D eigenvalue weighted by molar-refractivity contribution is 6.00. The number of piperidine rings is 1. The van der Waals surface area contributed by atoms with Crippen molar-refractivity contribution in [1.29, 1.82) is 0 Å². The van der Waals surface area contributed by atoms with Crippen molar-refractivity contribution in [2.24, 2.45) is 11.8 Å². The van der Waals surface area contributed by atoms with Gasteiger partial charge in [-0.15, -0.1) is 0 Å². The van der Waals surface area contributed by atoms with Gasteiger partial charge in [-0.3, -0.25) is 9.59 Å². The number of anilines is 1. The predicted molar refractivity (Wildman–Crippen MR) is 129 cm³/mol. The number of hydrogen-bond acceptors (Lipinski definition) is 5. The smallest absolute Gasteiger partial charge is 0.228 e. The van der Waals surface area contributed by atoms with E-state index in [0.29, 0.717) is 37.3 Å². The van der Waals surface area contributed by atoms with E-state index in [1.54, 1.807) is 4.90 Å². The summed E-state index contributed by atoms with van der Waals surface area (Å²) in [5.41, 5.74) is 4.16. The summed E-state index contributed by atoms with van der Waals surface area (Å²) in [7, 11) is 0. The molecule has 0 radical (unpaired) electrons. The van der Waals surface area contributed by atoms with Crippen LogP contribution in [0.1, 0.15) is 36.3 Å². The predicted octanol–water partition coefficient (Wildman–Crippen LogP) is 4.19. The summed E-state index contributed by atoms with van der Waals surface area (Å²) >= 11 is 0. The van der Waals surface area contributed by atoms with Gasteiger partial charge in [-0.05, 0) is 44.7 Å². The zero-order valence-electron chi connectivity index (χ0n) is 19.7. The lowest BCUT2D eigenvalue weighted by atomic mass is 9.92. The zero-order chi connectivity index (χ0) is 23.7. The standard InChI is InChI=1S/C27H30N4O3/c1-18-3-7-21(8-4-18)26-28-24(34-29-26)15-20-11-13-30(14-12-20)27(33)22-16-25(32)31(17-22)23-9-5-19(2)6-10-23/h3-10,20,22H,11-17H2,1-2H3/t22-/m0/s1. The Labute approximate surface area is 199 Å². The third-order valence-electron chi connectivity index (χ3n) is 6.99. The molecule has 0 bridgehead atoms. The maximum atomic E-state index is 13.1. The van der Waals surface area contributed by atoms with Crippen LogP contribution in [0.5, 0.6) is 0 Å². The van der Waals surface area contributed by atoms with Crippen molar-refractivity contribution in [2.45, 2.75) is 39.5 Å². The van der Waals surface area contributed by atoms with E-state index in [9.17, 15) is 9.59 Å². The molecule has 5 rings (SSSR count). The van der Waals surface area contributed by atoms with Crippen LogP contribution in [-0.2, 0) is 16.0 Å².